The Morgan fingerprint density at radius 2 is 1.74 bits per heavy atom. The molecule has 1 aliphatic carbocycles. The molecule has 1 aromatic carbocycles. The van der Waals surface area contributed by atoms with Gasteiger partial charge in [-0.2, -0.15) is 13.2 Å². The van der Waals surface area contributed by atoms with E-state index in [2.05, 4.69) is 0 Å². The lowest BCUT2D eigenvalue weighted by molar-refractivity contribution is -0.142. The van der Waals surface area contributed by atoms with Crippen LogP contribution in [-0.4, -0.2) is 11.8 Å². The van der Waals surface area contributed by atoms with Crippen LogP contribution >= 0.6 is 0 Å². The average Bonchev–Trinajstić information content (AvgIpc) is 3.04. The maximum Gasteiger partial charge on any atom is 0.416 e. The molecule has 2 aliphatic rings. The van der Waals surface area contributed by atoms with E-state index in [1.54, 1.807) is 0 Å². The molecule has 1 saturated heterocycles. The molecule has 0 unspecified atom stereocenters. The summed E-state index contributed by atoms with van der Waals surface area (Å²) in [4.78, 5) is 24.4. The molecule has 0 aromatic heterocycles. The molecule has 148 valence electrons. The zero-order valence-corrected chi connectivity index (χ0v) is 15.3. The Bertz CT molecular complexity index is 660. The summed E-state index contributed by atoms with van der Waals surface area (Å²) < 4.78 is 43.4. The van der Waals surface area contributed by atoms with Gasteiger partial charge in [-0.05, 0) is 30.0 Å². The zero-order valence-electron chi connectivity index (χ0n) is 15.3. The summed E-state index contributed by atoms with van der Waals surface area (Å²) in [6.45, 7) is 0. The molecular formula is C21H25F3O3. The van der Waals surface area contributed by atoms with Crippen LogP contribution in [0, 0.1) is 11.8 Å². The van der Waals surface area contributed by atoms with E-state index in [0.29, 0.717) is 17.9 Å². The van der Waals surface area contributed by atoms with Crippen molar-refractivity contribution in [1.82, 2.24) is 0 Å². The number of esters is 1. The van der Waals surface area contributed by atoms with Gasteiger partial charge < -0.3 is 4.74 Å². The van der Waals surface area contributed by atoms with Gasteiger partial charge in [0.1, 0.15) is 11.9 Å². The first-order valence-corrected chi connectivity index (χ1v) is 9.74. The fraction of sp³-hybridized carbons (Fsp3) is 0.619. The SMILES string of the molecule is O=C1C[C@H](C(=O)CCCC2CCCCC2)[C@@H](c2ccc(C(F)(F)F)cc2)O1. The average molecular weight is 382 g/mol. The molecule has 1 saturated carbocycles. The minimum Gasteiger partial charge on any atom is -0.457 e. The van der Waals surface area contributed by atoms with Crippen LogP contribution in [0.25, 0.3) is 0 Å². The van der Waals surface area contributed by atoms with Crippen molar-refractivity contribution < 1.29 is 27.5 Å². The predicted octanol–water partition coefficient (Wildman–Crippen LogP) is 5.63. The van der Waals surface area contributed by atoms with Crippen LogP contribution in [0.15, 0.2) is 24.3 Å². The second-order valence-corrected chi connectivity index (χ2v) is 7.70. The van der Waals surface area contributed by atoms with E-state index in [1.807, 2.05) is 0 Å². The molecule has 3 nitrogen and oxygen atoms in total. The molecular weight excluding hydrogens is 357 g/mol. The van der Waals surface area contributed by atoms with E-state index >= 15 is 0 Å². The number of carbonyl (C=O) groups is 2. The van der Waals surface area contributed by atoms with Crippen LogP contribution in [0.2, 0.25) is 0 Å². The second-order valence-electron chi connectivity index (χ2n) is 7.70. The highest BCUT2D eigenvalue weighted by Gasteiger charge is 2.40. The zero-order chi connectivity index (χ0) is 19.4. The van der Waals surface area contributed by atoms with Crippen LogP contribution in [0.5, 0.6) is 0 Å². The van der Waals surface area contributed by atoms with Crippen molar-refractivity contribution in [1.29, 1.82) is 0 Å². The van der Waals surface area contributed by atoms with Crippen LogP contribution in [-0.2, 0) is 20.5 Å². The monoisotopic (exact) mass is 382 g/mol. The van der Waals surface area contributed by atoms with E-state index < -0.39 is 29.7 Å². The number of Topliss-reactive ketones (excluding diaryl/α,β-unsaturated/α-hetero) is 1. The number of ether oxygens (including phenoxy) is 1. The summed E-state index contributed by atoms with van der Waals surface area (Å²) in [6, 6.07) is 4.53. The maximum atomic E-state index is 12.7. The Morgan fingerprint density at radius 3 is 2.37 bits per heavy atom. The molecule has 0 radical (unpaired) electrons. The van der Waals surface area contributed by atoms with Gasteiger partial charge in [0.15, 0.2) is 0 Å². The van der Waals surface area contributed by atoms with Gasteiger partial charge in [0.25, 0.3) is 0 Å². The number of rotatable bonds is 6. The third-order valence-electron chi connectivity index (χ3n) is 5.75. The number of cyclic esters (lactones) is 1. The van der Waals surface area contributed by atoms with Crippen molar-refractivity contribution in [2.75, 3.05) is 0 Å². The lowest BCUT2D eigenvalue weighted by Crippen LogP contribution is -2.19. The Kier molecular flexibility index (Phi) is 6.22. The number of hydrogen-bond donors (Lipinski definition) is 0. The highest BCUT2D eigenvalue weighted by Crippen LogP contribution is 2.38. The first-order chi connectivity index (χ1) is 12.8. The molecule has 0 bridgehead atoms. The molecule has 1 heterocycles. The first kappa shape index (κ1) is 19.9. The van der Waals surface area contributed by atoms with E-state index in [1.165, 1.54) is 44.2 Å². The summed E-state index contributed by atoms with van der Waals surface area (Å²) in [5.41, 5.74) is -0.314. The van der Waals surface area contributed by atoms with Gasteiger partial charge in [-0.3, -0.25) is 9.59 Å². The molecule has 2 fully saturated rings. The fourth-order valence-electron chi connectivity index (χ4n) is 4.23. The van der Waals surface area contributed by atoms with Crippen LogP contribution in [0.3, 0.4) is 0 Å². The molecule has 3 rings (SSSR count). The Labute approximate surface area is 157 Å². The van der Waals surface area contributed by atoms with E-state index in [-0.39, 0.29) is 12.2 Å². The van der Waals surface area contributed by atoms with Gasteiger partial charge in [-0.15, -0.1) is 0 Å². The minimum absolute atomic E-state index is 0.00789. The number of hydrogen-bond acceptors (Lipinski definition) is 3. The van der Waals surface area contributed by atoms with Crippen molar-refractivity contribution in [3.05, 3.63) is 35.4 Å². The van der Waals surface area contributed by atoms with Gasteiger partial charge >= 0.3 is 12.1 Å². The van der Waals surface area contributed by atoms with Gasteiger partial charge in [0, 0.05) is 6.42 Å². The third kappa shape index (κ3) is 5.11. The van der Waals surface area contributed by atoms with Crippen LogP contribution < -0.4 is 0 Å². The molecule has 0 amide bonds. The van der Waals surface area contributed by atoms with Crippen LogP contribution in [0.4, 0.5) is 13.2 Å². The molecule has 1 aliphatic heterocycles. The van der Waals surface area contributed by atoms with Crippen molar-refractivity contribution >= 4 is 11.8 Å². The highest BCUT2D eigenvalue weighted by atomic mass is 19.4. The summed E-state index contributed by atoms with van der Waals surface area (Å²) in [5, 5.41) is 0. The van der Waals surface area contributed by atoms with Crippen molar-refractivity contribution in [2.45, 2.75) is 70.1 Å². The fourth-order valence-corrected chi connectivity index (χ4v) is 4.23. The maximum absolute atomic E-state index is 12.7. The van der Waals surface area contributed by atoms with Gasteiger partial charge in [-0.25, -0.2) is 0 Å². The van der Waals surface area contributed by atoms with E-state index in [4.69, 9.17) is 4.74 Å². The summed E-state index contributed by atoms with van der Waals surface area (Å²) >= 11 is 0. The molecule has 0 N–H and O–H groups in total. The highest BCUT2D eigenvalue weighted by molar-refractivity contribution is 5.88. The van der Waals surface area contributed by atoms with E-state index in [0.717, 1.165) is 25.0 Å². The standard InChI is InChI=1S/C21H25F3O3/c22-21(23,24)16-11-9-15(10-12-16)20-17(13-19(26)27-20)18(25)8-4-7-14-5-2-1-3-6-14/h9-12,14,17,20H,1-8,13H2/t17-,20-/m1/s1. The number of alkyl halides is 3. The number of carbonyl (C=O) groups excluding carboxylic acids is 2. The van der Waals surface area contributed by atoms with Crippen molar-refractivity contribution in [3.8, 4) is 0 Å². The Morgan fingerprint density at radius 1 is 1.07 bits per heavy atom. The largest absolute Gasteiger partial charge is 0.457 e. The van der Waals surface area contributed by atoms with Crippen LogP contribution in [0.1, 0.15) is 75.0 Å². The molecule has 6 heteroatoms. The Hall–Kier alpha value is -1.85. The summed E-state index contributed by atoms with van der Waals surface area (Å²) in [6.07, 6.45) is 3.32. The summed E-state index contributed by atoms with van der Waals surface area (Å²) in [7, 11) is 0. The quantitative estimate of drug-likeness (QED) is 0.599. The molecule has 27 heavy (non-hydrogen) atoms. The molecule has 2 atom stereocenters. The Balaban J connectivity index is 1.59. The second kappa shape index (κ2) is 8.44. The molecule has 0 spiro atoms. The third-order valence-corrected chi connectivity index (χ3v) is 5.75. The first-order valence-electron chi connectivity index (χ1n) is 9.74. The normalized spacial score (nSPS) is 24.0. The molecule has 1 aromatic rings. The lowest BCUT2D eigenvalue weighted by atomic mass is 9.84. The summed E-state index contributed by atoms with van der Waals surface area (Å²) in [5.74, 6) is -0.397. The van der Waals surface area contributed by atoms with E-state index in [9.17, 15) is 22.8 Å². The van der Waals surface area contributed by atoms with Gasteiger partial charge in [0.2, 0.25) is 0 Å². The minimum atomic E-state index is -4.42. The number of ketones is 1. The topological polar surface area (TPSA) is 43.4 Å². The van der Waals surface area contributed by atoms with Gasteiger partial charge in [0.05, 0.1) is 17.9 Å². The van der Waals surface area contributed by atoms with Crippen molar-refractivity contribution in [2.24, 2.45) is 11.8 Å². The number of halogens is 3. The predicted molar refractivity (Wildman–Crippen MR) is 93.8 cm³/mol. The number of benzene rings is 1. The van der Waals surface area contributed by atoms with Gasteiger partial charge in [-0.1, -0.05) is 50.7 Å². The smallest absolute Gasteiger partial charge is 0.416 e. The lowest BCUT2D eigenvalue weighted by Gasteiger charge is -2.22. The van der Waals surface area contributed by atoms with Crippen molar-refractivity contribution in [3.63, 3.8) is 0 Å².